The molecule has 1 aliphatic rings. The molecule has 0 atom stereocenters. The Morgan fingerprint density at radius 3 is 2.75 bits per heavy atom. The second kappa shape index (κ2) is 4.02. The van der Waals surface area contributed by atoms with E-state index < -0.39 is 10.2 Å². The van der Waals surface area contributed by atoms with Crippen LogP contribution in [0.2, 0.25) is 0 Å². The highest BCUT2D eigenvalue weighted by molar-refractivity contribution is 7.87. The van der Waals surface area contributed by atoms with Gasteiger partial charge in [-0.05, 0) is 6.42 Å². The van der Waals surface area contributed by atoms with Crippen molar-refractivity contribution in [3.8, 4) is 0 Å². The molecule has 0 amide bonds. The monoisotopic (exact) mass is 190 g/mol. The van der Waals surface area contributed by atoms with Gasteiger partial charge in [-0.2, -0.15) is 12.7 Å². The zero-order valence-electron chi connectivity index (χ0n) is 7.16. The largest absolute Gasteiger partial charge is 0.279 e. The summed E-state index contributed by atoms with van der Waals surface area (Å²) in [4.78, 5) is 0. The van der Waals surface area contributed by atoms with Crippen molar-refractivity contribution in [3.05, 3.63) is 12.2 Å². The minimum atomic E-state index is -3.20. The van der Waals surface area contributed by atoms with Gasteiger partial charge in [0.15, 0.2) is 0 Å². The lowest BCUT2D eigenvalue weighted by Gasteiger charge is -2.22. The average Bonchev–Trinajstić information content (AvgIpc) is 2.06. The smallest absolute Gasteiger partial charge is 0.202 e. The summed E-state index contributed by atoms with van der Waals surface area (Å²) in [7, 11) is -3.20. The zero-order valence-corrected chi connectivity index (χ0v) is 7.97. The summed E-state index contributed by atoms with van der Waals surface area (Å²) in [6, 6.07) is 0. The van der Waals surface area contributed by atoms with Crippen molar-refractivity contribution in [3.63, 3.8) is 0 Å². The van der Waals surface area contributed by atoms with Gasteiger partial charge in [-0.1, -0.05) is 19.1 Å². The second-order valence-corrected chi connectivity index (χ2v) is 4.38. The molecule has 5 heteroatoms. The first-order valence-corrected chi connectivity index (χ1v) is 5.50. The molecule has 0 saturated carbocycles. The first-order chi connectivity index (χ1) is 5.67. The van der Waals surface area contributed by atoms with Gasteiger partial charge in [0.05, 0.1) is 0 Å². The number of hydrogen-bond donors (Lipinski definition) is 1. The third kappa shape index (κ3) is 2.30. The Kier molecular flexibility index (Phi) is 3.25. The Hall–Kier alpha value is -0.390. The minimum absolute atomic E-state index is 0.447. The lowest BCUT2D eigenvalue weighted by Crippen LogP contribution is -2.42. The van der Waals surface area contributed by atoms with Crippen LogP contribution in [0.3, 0.4) is 0 Å². The maximum absolute atomic E-state index is 11.4. The Labute approximate surface area is 73.4 Å². The molecule has 0 aromatic heterocycles. The van der Waals surface area contributed by atoms with Crippen molar-refractivity contribution in [1.29, 1.82) is 0 Å². The summed E-state index contributed by atoms with van der Waals surface area (Å²) in [6.45, 7) is 3.31. The molecule has 0 bridgehead atoms. The lowest BCUT2D eigenvalue weighted by molar-refractivity contribution is 0.429. The Morgan fingerprint density at radius 1 is 1.50 bits per heavy atom. The van der Waals surface area contributed by atoms with Crippen LogP contribution in [-0.2, 0) is 10.2 Å². The molecule has 1 rings (SSSR count). The maximum Gasteiger partial charge on any atom is 0.279 e. The molecule has 12 heavy (non-hydrogen) atoms. The average molecular weight is 190 g/mol. The van der Waals surface area contributed by atoms with E-state index in [-0.39, 0.29) is 0 Å². The number of hydrogen-bond acceptors (Lipinski definition) is 2. The van der Waals surface area contributed by atoms with Crippen LogP contribution >= 0.6 is 0 Å². The van der Waals surface area contributed by atoms with Gasteiger partial charge in [-0.15, -0.1) is 0 Å². The van der Waals surface area contributed by atoms with Crippen LogP contribution in [0, 0.1) is 0 Å². The molecule has 0 unspecified atom stereocenters. The summed E-state index contributed by atoms with van der Waals surface area (Å²) < 4.78 is 26.6. The minimum Gasteiger partial charge on any atom is -0.202 e. The normalized spacial score (nSPS) is 19.8. The first-order valence-electron chi connectivity index (χ1n) is 4.06. The third-order valence-electron chi connectivity index (χ3n) is 1.69. The fourth-order valence-corrected chi connectivity index (χ4v) is 2.29. The molecule has 0 aromatic carbocycles. The van der Waals surface area contributed by atoms with Crippen molar-refractivity contribution in [2.75, 3.05) is 19.6 Å². The molecule has 0 fully saturated rings. The van der Waals surface area contributed by atoms with Crippen LogP contribution in [-0.4, -0.2) is 32.4 Å². The Bertz CT molecular complexity index is 259. The number of nitrogens with zero attached hydrogens (tertiary/aromatic N) is 1. The van der Waals surface area contributed by atoms with Crippen LogP contribution in [0.5, 0.6) is 0 Å². The Morgan fingerprint density at radius 2 is 2.25 bits per heavy atom. The molecule has 0 spiro atoms. The number of nitrogens with one attached hydrogen (secondary N) is 1. The highest BCUT2D eigenvalue weighted by Gasteiger charge is 2.19. The maximum atomic E-state index is 11.4. The van der Waals surface area contributed by atoms with Crippen molar-refractivity contribution >= 4 is 10.2 Å². The van der Waals surface area contributed by atoms with Gasteiger partial charge in [0, 0.05) is 19.6 Å². The molecule has 4 nitrogen and oxygen atoms in total. The van der Waals surface area contributed by atoms with E-state index in [9.17, 15) is 8.42 Å². The van der Waals surface area contributed by atoms with E-state index in [2.05, 4.69) is 4.72 Å². The van der Waals surface area contributed by atoms with Gasteiger partial charge in [0.1, 0.15) is 0 Å². The van der Waals surface area contributed by atoms with Gasteiger partial charge in [0.25, 0.3) is 10.2 Å². The second-order valence-electron chi connectivity index (χ2n) is 2.62. The van der Waals surface area contributed by atoms with Crippen LogP contribution in [0.25, 0.3) is 0 Å². The molecule has 70 valence electrons. The summed E-state index contributed by atoms with van der Waals surface area (Å²) in [6.07, 6.45) is 4.68. The van der Waals surface area contributed by atoms with Gasteiger partial charge >= 0.3 is 0 Å². The van der Waals surface area contributed by atoms with E-state index in [4.69, 9.17) is 0 Å². The molecule has 0 aromatic rings. The van der Waals surface area contributed by atoms with Crippen LogP contribution in [0.4, 0.5) is 0 Å². The van der Waals surface area contributed by atoms with E-state index in [0.29, 0.717) is 19.6 Å². The topological polar surface area (TPSA) is 49.4 Å². The SMILES string of the molecule is CCNS(=O)(=O)N1CC=CCC1. The summed E-state index contributed by atoms with van der Waals surface area (Å²) in [5.74, 6) is 0. The third-order valence-corrected chi connectivity index (χ3v) is 3.35. The standard InChI is InChI=1S/C7H14N2O2S/c1-2-8-12(10,11)9-6-4-3-5-7-9/h3-4,8H,2,5-7H2,1H3. The summed E-state index contributed by atoms with van der Waals surface area (Å²) >= 11 is 0. The van der Waals surface area contributed by atoms with Gasteiger partial charge in [-0.3, -0.25) is 0 Å². The highest BCUT2D eigenvalue weighted by atomic mass is 32.2. The van der Waals surface area contributed by atoms with Gasteiger partial charge in [0.2, 0.25) is 0 Å². The summed E-state index contributed by atoms with van der Waals surface area (Å²) in [5, 5.41) is 0. The molecule has 1 aliphatic heterocycles. The van der Waals surface area contributed by atoms with Crippen LogP contribution in [0.1, 0.15) is 13.3 Å². The number of rotatable bonds is 3. The summed E-state index contributed by atoms with van der Waals surface area (Å²) in [5.41, 5.74) is 0. The van der Waals surface area contributed by atoms with Crippen molar-refractivity contribution in [2.24, 2.45) is 0 Å². The fourth-order valence-electron chi connectivity index (χ4n) is 1.11. The van der Waals surface area contributed by atoms with Crippen molar-refractivity contribution in [2.45, 2.75) is 13.3 Å². The molecule has 1 N–H and O–H groups in total. The highest BCUT2D eigenvalue weighted by Crippen LogP contribution is 2.05. The fraction of sp³-hybridized carbons (Fsp3) is 0.714. The Balaban J connectivity index is 2.62. The predicted octanol–water partition coefficient (Wildman–Crippen LogP) is 0.103. The van der Waals surface area contributed by atoms with Crippen molar-refractivity contribution in [1.82, 2.24) is 9.03 Å². The van der Waals surface area contributed by atoms with E-state index in [1.54, 1.807) is 6.92 Å². The van der Waals surface area contributed by atoms with E-state index in [0.717, 1.165) is 6.42 Å². The van der Waals surface area contributed by atoms with Crippen molar-refractivity contribution < 1.29 is 8.42 Å². The van der Waals surface area contributed by atoms with E-state index in [1.807, 2.05) is 12.2 Å². The lowest BCUT2D eigenvalue weighted by atomic mass is 10.3. The van der Waals surface area contributed by atoms with Gasteiger partial charge < -0.3 is 0 Å². The van der Waals surface area contributed by atoms with Crippen LogP contribution < -0.4 is 4.72 Å². The van der Waals surface area contributed by atoms with E-state index >= 15 is 0 Å². The zero-order chi connectivity index (χ0) is 9.03. The quantitative estimate of drug-likeness (QED) is 0.642. The van der Waals surface area contributed by atoms with E-state index in [1.165, 1.54) is 4.31 Å². The molecule has 0 saturated heterocycles. The molecular formula is C7H14N2O2S. The van der Waals surface area contributed by atoms with Crippen LogP contribution in [0.15, 0.2) is 12.2 Å². The molecular weight excluding hydrogens is 176 g/mol. The molecule has 1 heterocycles. The molecule has 0 aliphatic carbocycles. The first kappa shape index (κ1) is 9.70. The predicted molar refractivity (Wildman–Crippen MR) is 47.9 cm³/mol. The van der Waals surface area contributed by atoms with Gasteiger partial charge in [-0.25, -0.2) is 4.72 Å². The molecule has 0 radical (unpaired) electrons.